The van der Waals surface area contributed by atoms with Crippen molar-refractivity contribution in [1.82, 2.24) is 24.9 Å². The van der Waals surface area contributed by atoms with Crippen molar-refractivity contribution in [3.05, 3.63) is 66.9 Å². The quantitative estimate of drug-likeness (QED) is 0.528. The zero-order valence-electron chi connectivity index (χ0n) is 17.2. The van der Waals surface area contributed by atoms with Crippen LogP contribution < -0.4 is 10.1 Å². The molecule has 0 aliphatic heterocycles. The number of aromatic nitrogens is 4. The number of ether oxygens (including phenoxy) is 1. The number of carbonyl (C=O) groups excluding carboxylic acids is 1. The van der Waals surface area contributed by atoms with Gasteiger partial charge in [0.15, 0.2) is 5.65 Å². The molecule has 0 saturated carbocycles. The van der Waals surface area contributed by atoms with E-state index in [0.29, 0.717) is 11.2 Å². The van der Waals surface area contributed by atoms with Crippen molar-refractivity contribution in [2.45, 2.75) is 26.3 Å². The van der Waals surface area contributed by atoms with E-state index in [1.807, 2.05) is 56.6 Å². The number of amides is 1. The summed E-state index contributed by atoms with van der Waals surface area (Å²) < 4.78 is 6.95. The van der Waals surface area contributed by atoms with Gasteiger partial charge in [-0.2, -0.15) is 5.10 Å². The fourth-order valence-corrected chi connectivity index (χ4v) is 3.13. The SMILES string of the molecule is CCC(C)NC(=O)c1cncc(-c2cnn3cc(-c4ccc(OC)cc4)cnc23)c1. The monoisotopic (exact) mass is 401 g/mol. The molecule has 4 rings (SSSR count). The number of nitrogens with one attached hydrogen (secondary N) is 1. The molecule has 1 aromatic carbocycles. The fourth-order valence-electron chi connectivity index (χ4n) is 3.13. The van der Waals surface area contributed by atoms with Crippen LogP contribution in [0.4, 0.5) is 0 Å². The normalized spacial score (nSPS) is 12.0. The van der Waals surface area contributed by atoms with Crippen LogP contribution in [0.2, 0.25) is 0 Å². The Hall–Kier alpha value is -3.74. The molecule has 3 aromatic heterocycles. The van der Waals surface area contributed by atoms with Gasteiger partial charge in [0.05, 0.1) is 18.9 Å². The van der Waals surface area contributed by atoms with Gasteiger partial charge in [-0.05, 0) is 37.1 Å². The molecule has 0 fully saturated rings. The number of nitrogens with zero attached hydrogens (tertiary/aromatic N) is 4. The van der Waals surface area contributed by atoms with E-state index in [9.17, 15) is 4.79 Å². The van der Waals surface area contributed by atoms with Crippen LogP contribution in [0.15, 0.2) is 61.3 Å². The predicted octanol–water partition coefficient (Wildman–Crippen LogP) is 4.00. The van der Waals surface area contributed by atoms with Gasteiger partial charge in [0.25, 0.3) is 5.91 Å². The van der Waals surface area contributed by atoms with Crippen molar-refractivity contribution < 1.29 is 9.53 Å². The number of carbonyl (C=O) groups is 1. The molecular weight excluding hydrogens is 378 g/mol. The Morgan fingerprint density at radius 1 is 1.10 bits per heavy atom. The minimum absolute atomic E-state index is 0.108. The van der Waals surface area contributed by atoms with Crippen molar-refractivity contribution in [3.63, 3.8) is 0 Å². The summed E-state index contributed by atoms with van der Waals surface area (Å²) in [6.45, 7) is 4.01. The Balaban J connectivity index is 1.65. The summed E-state index contributed by atoms with van der Waals surface area (Å²) in [4.78, 5) is 21.3. The van der Waals surface area contributed by atoms with E-state index in [1.165, 1.54) is 0 Å². The first-order valence-electron chi connectivity index (χ1n) is 9.83. The molecule has 0 bridgehead atoms. The van der Waals surface area contributed by atoms with Crippen molar-refractivity contribution in [2.24, 2.45) is 0 Å². The van der Waals surface area contributed by atoms with E-state index < -0.39 is 0 Å². The minimum Gasteiger partial charge on any atom is -0.497 e. The molecule has 4 aromatic rings. The second-order valence-electron chi connectivity index (χ2n) is 7.14. The number of hydrogen-bond donors (Lipinski definition) is 1. The van der Waals surface area contributed by atoms with Crippen LogP contribution in [-0.4, -0.2) is 38.6 Å². The first kappa shape index (κ1) is 19.6. The van der Waals surface area contributed by atoms with Gasteiger partial charge >= 0.3 is 0 Å². The number of pyridine rings is 1. The van der Waals surface area contributed by atoms with Crippen molar-refractivity contribution in [3.8, 4) is 28.0 Å². The molecule has 1 N–H and O–H groups in total. The van der Waals surface area contributed by atoms with Gasteiger partial charge in [-0.3, -0.25) is 9.78 Å². The molecule has 0 saturated heterocycles. The van der Waals surface area contributed by atoms with Gasteiger partial charge in [-0.15, -0.1) is 0 Å². The van der Waals surface area contributed by atoms with E-state index in [1.54, 1.807) is 30.2 Å². The largest absolute Gasteiger partial charge is 0.497 e. The standard InChI is InChI=1S/C23H23N5O2/c1-4-15(2)27-23(29)18-9-17(10-24-11-18)21-13-26-28-14-19(12-25-22(21)28)16-5-7-20(30-3)8-6-16/h5-15H,4H2,1-3H3,(H,27,29). The third kappa shape index (κ3) is 3.87. The van der Waals surface area contributed by atoms with Gasteiger partial charge < -0.3 is 10.1 Å². The molecule has 1 unspecified atom stereocenters. The molecule has 1 atom stereocenters. The van der Waals surface area contributed by atoms with Crippen LogP contribution in [-0.2, 0) is 0 Å². The maximum absolute atomic E-state index is 12.5. The number of hydrogen-bond acceptors (Lipinski definition) is 5. The van der Waals surface area contributed by atoms with Crippen LogP contribution in [0.3, 0.4) is 0 Å². The van der Waals surface area contributed by atoms with Gasteiger partial charge in [-0.25, -0.2) is 9.50 Å². The van der Waals surface area contributed by atoms with Gasteiger partial charge in [0.1, 0.15) is 5.75 Å². The van der Waals surface area contributed by atoms with Crippen molar-refractivity contribution in [1.29, 1.82) is 0 Å². The van der Waals surface area contributed by atoms with Gasteiger partial charge in [0, 0.05) is 47.5 Å². The number of benzene rings is 1. The molecule has 7 nitrogen and oxygen atoms in total. The van der Waals surface area contributed by atoms with E-state index in [4.69, 9.17) is 4.74 Å². The Labute approximate surface area is 174 Å². The maximum atomic E-state index is 12.5. The Kier molecular flexibility index (Phi) is 5.43. The summed E-state index contributed by atoms with van der Waals surface area (Å²) in [5.41, 5.74) is 4.80. The number of methoxy groups -OCH3 is 1. The van der Waals surface area contributed by atoms with Crippen LogP contribution in [0.1, 0.15) is 30.6 Å². The lowest BCUT2D eigenvalue weighted by atomic mass is 10.1. The highest BCUT2D eigenvalue weighted by Gasteiger charge is 2.14. The third-order valence-corrected chi connectivity index (χ3v) is 5.08. The molecule has 0 spiro atoms. The summed E-state index contributed by atoms with van der Waals surface area (Å²) in [6.07, 6.45) is 9.65. The fraction of sp³-hybridized carbons (Fsp3) is 0.217. The zero-order chi connectivity index (χ0) is 21.1. The van der Waals surface area contributed by atoms with E-state index in [0.717, 1.165) is 34.4 Å². The summed E-state index contributed by atoms with van der Waals surface area (Å²) in [7, 11) is 1.64. The van der Waals surface area contributed by atoms with Crippen LogP contribution in [0.5, 0.6) is 5.75 Å². The van der Waals surface area contributed by atoms with Gasteiger partial charge in [0.2, 0.25) is 0 Å². The molecule has 152 valence electrons. The van der Waals surface area contributed by atoms with Crippen molar-refractivity contribution >= 4 is 11.6 Å². The van der Waals surface area contributed by atoms with Crippen LogP contribution >= 0.6 is 0 Å². The molecule has 30 heavy (non-hydrogen) atoms. The lowest BCUT2D eigenvalue weighted by molar-refractivity contribution is 0.0939. The van der Waals surface area contributed by atoms with E-state index >= 15 is 0 Å². The summed E-state index contributed by atoms with van der Waals surface area (Å²) in [6, 6.07) is 9.72. The van der Waals surface area contributed by atoms with E-state index in [-0.39, 0.29) is 11.9 Å². The Bertz CT molecular complexity index is 1180. The zero-order valence-corrected chi connectivity index (χ0v) is 17.2. The highest BCUT2D eigenvalue weighted by atomic mass is 16.5. The highest BCUT2D eigenvalue weighted by molar-refractivity contribution is 5.95. The molecule has 7 heteroatoms. The second kappa shape index (κ2) is 8.32. The van der Waals surface area contributed by atoms with Crippen LogP contribution in [0.25, 0.3) is 27.9 Å². The van der Waals surface area contributed by atoms with Crippen molar-refractivity contribution in [2.75, 3.05) is 7.11 Å². The molecule has 3 heterocycles. The summed E-state index contributed by atoms with van der Waals surface area (Å²) >= 11 is 0. The topological polar surface area (TPSA) is 81.4 Å². The average Bonchev–Trinajstić information content (AvgIpc) is 3.22. The minimum atomic E-state index is -0.134. The number of fused-ring (bicyclic) bond motifs is 1. The second-order valence-corrected chi connectivity index (χ2v) is 7.14. The van der Waals surface area contributed by atoms with E-state index in [2.05, 4.69) is 20.4 Å². The molecule has 0 aliphatic rings. The maximum Gasteiger partial charge on any atom is 0.253 e. The Morgan fingerprint density at radius 2 is 1.90 bits per heavy atom. The molecule has 0 radical (unpaired) electrons. The predicted molar refractivity (Wildman–Crippen MR) is 115 cm³/mol. The highest BCUT2D eigenvalue weighted by Crippen LogP contribution is 2.26. The molecular formula is C23H23N5O2. The first-order valence-corrected chi connectivity index (χ1v) is 9.83. The van der Waals surface area contributed by atoms with Gasteiger partial charge in [-0.1, -0.05) is 19.1 Å². The average molecular weight is 401 g/mol. The lowest BCUT2D eigenvalue weighted by Gasteiger charge is -2.11. The molecule has 1 amide bonds. The summed E-state index contributed by atoms with van der Waals surface area (Å²) in [5.74, 6) is 0.670. The summed E-state index contributed by atoms with van der Waals surface area (Å²) in [5, 5.41) is 7.42. The lowest BCUT2D eigenvalue weighted by Crippen LogP contribution is -2.31. The Morgan fingerprint density at radius 3 is 2.63 bits per heavy atom. The third-order valence-electron chi connectivity index (χ3n) is 5.08. The smallest absolute Gasteiger partial charge is 0.253 e. The number of rotatable bonds is 6. The van der Waals surface area contributed by atoms with Crippen LogP contribution in [0, 0.1) is 0 Å². The first-order chi connectivity index (χ1) is 14.6. The molecule has 0 aliphatic carbocycles.